The molecular weight excluding hydrogens is 360 g/mol. The van der Waals surface area contributed by atoms with E-state index in [4.69, 9.17) is 0 Å². The van der Waals surface area contributed by atoms with E-state index in [1.54, 1.807) is 17.9 Å². The fourth-order valence-electron chi connectivity index (χ4n) is 2.92. The van der Waals surface area contributed by atoms with Crippen LogP contribution in [0, 0.1) is 0 Å². The molecule has 4 rings (SSSR count). The lowest BCUT2D eigenvalue weighted by Gasteiger charge is -2.20. The Morgan fingerprint density at radius 2 is 2.11 bits per heavy atom. The average molecular weight is 378 g/mol. The smallest absolute Gasteiger partial charge is 0.291 e. The first kappa shape index (κ1) is 17.6. The van der Waals surface area contributed by atoms with Crippen LogP contribution in [0.5, 0.6) is 0 Å². The van der Waals surface area contributed by atoms with Crippen molar-refractivity contribution in [2.24, 2.45) is 0 Å². The van der Waals surface area contributed by atoms with Crippen molar-refractivity contribution in [1.29, 1.82) is 0 Å². The predicted octanol–water partition coefficient (Wildman–Crippen LogP) is 0.303. The van der Waals surface area contributed by atoms with Gasteiger partial charge in [-0.2, -0.15) is 0 Å². The summed E-state index contributed by atoms with van der Waals surface area (Å²) in [5.41, 5.74) is 1.59. The summed E-state index contributed by atoms with van der Waals surface area (Å²) in [6, 6.07) is 8.95. The molecule has 2 aromatic heterocycles. The zero-order chi connectivity index (χ0) is 19.5. The highest BCUT2D eigenvalue weighted by Crippen LogP contribution is 2.23. The molecule has 3 aromatic rings. The number of rotatable bonds is 4. The Hall–Kier alpha value is -3.82. The molecule has 0 bridgehead atoms. The minimum Gasteiger partial charge on any atom is -0.366 e. The molecule has 28 heavy (non-hydrogen) atoms. The van der Waals surface area contributed by atoms with Gasteiger partial charge in [-0.25, -0.2) is 19.6 Å². The highest BCUT2D eigenvalue weighted by atomic mass is 16.2. The zero-order valence-electron chi connectivity index (χ0n) is 15.1. The molecule has 2 N–H and O–H groups in total. The number of fused-ring (bicyclic) bond motifs is 1. The molecule has 1 unspecified atom stereocenters. The summed E-state index contributed by atoms with van der Waals surface area (Å²) in [6.07, 6.45) is 4.43. The molecule has 142 valence electrons. The molecule has 2 amide bonds. The van der Waals surface area contributed by atoms with Gasteiger partial charge in [0.05, 0.1) is 12.7 Å². The molecule has 0 radical (unpaired) electrons. The SMILES string of the molecule is CN1C(=O)C(NC(=O)c2ncn(Cc3ccccc3)n2)CNc2ncncc21. The van der Waals surface area contributed by atoms with Gasteiger partial charge in [-0.1, -0.05) is 30.3 Å². The summed E-state index contributed by atoms with van der Waals surface area (Å²) < 4.78 is 1.58. The van der Waals surface area contributed by atoms with Crippen molar-refractivity contribution in [3.63, 3.8) is 0 Å². The highest BCUT2D eigenvalue weighted by molar-refractivity contribution is 6.03. The van der Waals surface area contributed by atoms with E-state index in [-0.39, 0.29) is 18.3 Å². The number of likely N-dealkylation sites (N-methyl/N-ethyl adjacent to an activating group) is 1. The van der Waals surface area contributed by atoms with E-state index in [2.05, 4.69) is 30.7 Å². The fraction of sp³-hybridized carbons (Fsp3) is 0.222. The maximum atomic E-state index is 12.7. The normalized spacial score (nSPS) is 16.1. The van der Waals surface area contributed by atoms with Crippen molar-refractivity contribution in [3.05, 3.63) is 60.6 Å². The molecule has 0 saturated heterocycles. The quantitative estimate of drug-likeness (QED) is 0.670. The third-order valence-corrected chi connectivity index (χ3v) is 4.39. The number of carbonyl (C=O) groups is 2. The number of benzene rings is 1. The van der Waals surface area contributed by atoms with Gasteiger partial charge in [-0.05, 0) is 5.56 Å². The number of carbonyl (C=O) groups excluding carboxylic acids is 2. The molecule has 10 heteroatoms. The lowest BCUT2D eigenvalue weighted by molar-refractivity contribution is -0.119. The number of hydrogen-bond donors (Lipinski definition) is 2. The van der Waals surface area contributed by atoms with Crippen LogP contribution in [0.25, 0.3) is 0 Å². The van der Waals surface area contributed by atoms with E-state index < -0.39 is 11.9 Å². The van der Waals surface area contributed by atoms with Gasteiger partial charge in [-0.15, -0.1) is 5.10 Å². The van der Waals surface area contributed by atoms with Gasteiger partial charge in [0.2, 0.25) is 5.82 Å². The van der Waals surface area contributed by atoms with E-state index in [0.717, 1.165) is 5.56 Å². The van der Waals surface area contributed by atoms with Gasteiger partial charge in [0, 0.05) is 13.6 Å². The summed E-state index contributed by atoms with van der Waals surface area (Å²) in [4.78, 5) is 38.8. The summed E-state index contributed by atoms with van der Waals surface area (Å²) in [6.45, 7) is 0.700. The Balaban J connectivity index is 1.45. The van der Waals surface area contributed by atoms with E-state index in [1.165, 1.54) is 17.6 Å². The van der Waals surface area contributed by atoms with Crippen molar-refractivity contribution < 1.29 is 9.59 Å². The first-order valence-corrected chi connectivity index (χ1v) is 8.67. The summed E-state index contributed by atoms with van der Waals surface area (Å²) >= 11 is 0. The summed E-state index contributed by atoms with van der Waals surface area (Å²) in [5.74, 6) is -0.253. The van der Waals surface area contributed by atoms with Gasteiger partial charge >= 0.3 is 0 Å². The molecule has 3 heterocycles. The number of nitrogens with zero attached hydrogens (tertiary/aromatic N) is 6. The second-order valence-corrected chi connectivity index (χ2v) is 6.31. The van der Waals surface area contributed by atoms with Crippen LogP contribution in [0.1, 0.15) is 16.2 Å². The van der Waals surface area contributed by atoms with Crippen LogP contribution in [0.4, 0.5) is 11.5 Å². The molecule has 0 spiro atoms. The van der Waals surface area contributed by atoms with Crippen LogP contribution >= 0.6 is 0 Å². The standard InChI is InChI=1S/C18H18N8O2/c1-25-14-8-19-10-21-15(14)20-7-13(18(25)28)23-17(27)16-22-11-26(24-16)9-12-5-3-2-4-6-12/h2-6,8,10-11,13H,7,9H2,1H3,(H,23,27)(H,19,20,21). The number of nitrogens with one attached hydrogen (secondary N) is 2. The van der Waals surface area contributed by atoms with E-state index in [1.807, 2.05) is 30.3 Å². The maximum Gasteiger partial charge on any atom is 0.291 e. The first-order valence-electron chi connectivity index (χ1n) is 8.67. The molecule has 1 aliphatic rings. The maximum absolute atomic E-state index is 12.7. The Morgan fingerprint density at radius 1 is 1.29 bits per heavy atom. The lowest BCUT2D eigenvalue weighted by Crippen LogP contribution is -2.49. The monoisotopic (exact) mass is 378 g/mol. The Morgan fingerprint density at radius 3 is 2.93 bits per heavy atom. The van der Waals surface area contributed by atoms with Gasteiger partial charge in [0.15, 0.2) is 5.82 Å². The molecule has 0 saturated carbocycles. The largest absolute Gasteiger partial charge is 0.366 e. The lowest BCUT2D eigenvalue weighted by atomic mass is 10.2. The summed E-state index contributed by atoms with van der Waals surface area (Å²) in [5, 5.41) is 9.95. The van der Waals surface area contributed by atoms with Gasteiger partial charge in [-0.3, -0.25) is 9.59 Å². The molecule has 0 aliphatic carbocycles. The molecule has 1 aromatic carbocycles. The van der Waals surface area contributed by atoms with Crippen molar-refractivity contribution in [2.45, 2.75) is 12.6 Å². The molecular formula is C18H18N8O2. The minimum absolute atomic E-state index is 0.00735. The third kappa shape index (κ3) is 3.52. The second kappa shape index (κ2) is 7.43. The van der Waals surface area contributed by atoms with Crippen LogP contribution in [0.15, 0.2) is 49.2 Å². The van der Waals surface area contributed by atoms with Crippen LogP contribution in [-0.2, 0) is 11.3 Å². The van der Waals surface area contributed by atoms with E-state index in [0.29, 0.717) is 18.1 Å². The molecule has 10 nitrogen and oxygen atoms in total. The number of amides is 2. The number of aromatic nitrogens is 5. The third-order valence-electron chi connectivity index (χ3n) is 4.39. The van der Waals surface area contributed by atoms with Crippen LogP contribution in [0.3, 0.4) is 0 Å². The first-order chi connectivity index (χ1) is 13.6. The van der Waals surface area contributed by atoms with E-state index in [9.17, 15) is 9.59 Å². The Kier molecular flexibility index (Phi) is 4.67. The van der Waals surface area contributed by atoms with Crippen molar-refractivity contribution >= 4 is 23.3 Å². The average Bonchev–Trinajstić information content (AvgIpc) is 3.15. The van der Waals surface area contributed by atoms with E-state index >= 15 is 0 Å². The molecule has 1 atom stereocenters. The second-order valence-electron chi connectivity index (χ2n) is 6.31. The highest BCUT2D eigenvalue weighted by Gasteiger charge is 2.30. The Labute approximate surface area is 160 Å². The van der Waals surface area contributed by atoms with Crippen LogP contribution in [-0.4, -0.2) is 56.2 Å². The topological polar surface area (TPSA) is 118 Å². The predicted molar refractivity (Wildman–Crippen MR) is 101 cm³/mol. The van der Waals surface area contributed by atoms with Crippen molar-refractivity contribution in [3.8, 4) is 0 Å². The fourth-order valence-corrected chi connectivity index (χ4v) is 2.92. The summed E-state index contributed by atoms with van der Waals surface area (Å²) in [7, 11) is 1.61. The van der Waals surface area contributed by atoms with Crippen molar-refractivity contribution in [1.82, 2.24) is 30.0 Å². The van der Waals surface area contributed by atoms with Gasteiger partial charge < -0.3 is 15.5 Å². The van der Waals surface area contributed by atoms with Crippen molar-refractivity contribution in [2.75, 3.05) is 23.8 Å². The number of hydrogen-bond acceptors (Lipinski definition) is 7. The van der Waals surface area contributed by atoms with Gasteiger partial charge in [0.1, 0.15) is 24.4 Å². The zero-order valence-corrected chi connectivity index (χ0v) is 15.1. The number of anilines is 2. The van der Waals surface area contributed by atoms with Crippen LogP contribution in [0.2, 0.25) is 0 Å². The molecule has 1 aliphatic heterocycles. The van der Waals surface area contributed by atoms with Crippen LogP contribution < -0.4 is 15.5 Å². The minimum atomic E-state index is -0.784. The Bertz CT molecular complexity index is 1000. The van der Waals surface area contributed by atoms with Gasteiger partial charge in [0.25, 0.3) is 11.8 Å². The molecule has 0 fully saturated rings.